The maximum Gasteiger partial charge on any atom is 0.348 e. The van der Waals surface area contributed by atoms with Crippen LogP contribution in [0.3, 0.4) is 0 Å². The van der Waals surface area contributed by atoms with Gasteiger partial charge in [-0.3, -0.25) is 10.1 Å². The van der Waals surface area contributed by atoms with Crippen molar-refractivity contribution < 1.29 is 14.3 Å². The van der Waals surface area contributed by atoms with Crippen molar-refractivity contribution in [1.29, 1.82) is 0 Å². The highest BCUT2D eigenvalue weighted by Crippen LogP contribution is 2.28. The molecule has 8 heteroatoms. The summed E-state index contributed by atoms with van der Waals surface area (Å²) in [5.74, 6) is -0.376. The Bertz CT molecular complexity index is 662. The molecule has 0 aliphatic rings. The van der Waals surface area contributed by atoms with Crippen molar-refractivity contribution in [2.45, 2.75) is 32.6 Å². The second-order valence-electron chi connectivity index (χ2n) is 4.57. The third kappa shape index (κ3) is 3.69. The van der Waals surface area contributed by atoms with Gasteiger partial charge in [-0.05, 0) is 25.0 Å². The molecule has 22 heavy (non-hydrogen) atoms. The van der Waals surface area contributed by atoms with E-state index in [0.717, 1.165) is 29.2 Å². The molecule has 1 N–H and O–H groups in total. The number of rotatable bonds is 6. The lowest BCUT2D eigenvalue weighted by Gasteiger charge is -2.05. The predicted octanol–water partition coefficient (Wildman–Crippen LogP) is 3.54. The van der Waals surface area contributed by atoms with E-state index in [2.05, 4.69) is 34.1 Å². The topological polar surface area (TPSA) is 81.2 Å². The summed E-state index contributed by atoms with van der Waals surface area (Å²) in [6.07, 6.45) is 1.99. The number of hydrogen-bond acceptors (Lipinski definition) is 7. The molecule has 2 rings (SSSR count). The third-order valence-electron chi connectivity index (χ3n) is 3.21. The van der Waals surface area contributed by atoms with Crippen molar-refractivity contribution in [3.05, 3.63) is 26.9 Å². The fourth-order valence-corrected chi connectivity index (χ4v) is 3.74. The number of nitrogens with zero attached hydrogens (tertiary/aromatic N) is 2. The van der Waals surface area contributed by atoms with Crippen molar-refractivity contribution >= 4 is 39.7 Å². The number of methoxy groups -OCH3 is 1. The molecule has 0 atom stereocenters. The molecule has 0 spiro atoms. The Labute approximate surface area is 136 Å². The lowest BCUT2D eigenvalue weighted by Crippen LogP contribution is -2.09. The van der Waals surface area contributed by atoms with Crippen LogP contribution in [0, 0.1) is 0 Å². The van der Waals surface area contributed by atoms with Crippen molar-refractivity contribution in [3.63, 3.8) is 0 Å². The Hall–Kier alpha value is -1.80. The first-order chi connectivity index (χ1) is 10.6. The molecule has 2 heterocycles. The quantitative estimate of drug-likeness (QED) is 0.814. The van der Waals surface area contributed by atoms with Gasteiger partial charge in [0.2, 0.25) is 5.13 Å². The lowest BCUT2D eigenvalue weighted by atomic mass is 10.1. The molecule has 0 bridgehead atoms. The number of nitrogens with one attached hydrogen (secondary N) is 1. The summed E-state index contributed by atoms with van der Waals surface area (Å²) >= 11 is 2.47. The summed E-state index contributed by atoms with van der Waals surface area (Å²) in [6, 6.07) is 3.16. The third-order valence-corrected chi connectivity index (χ3v) is 5.28. The van der Waals surface area contributed by atoms with Crippen molar-refractivity contribution in [3.8, 4) is 0 Å². The predicted molar refractivity (Wildman–Crippen MR) is 86.8 cm³/mol. The van der Waals surface area contributed by atoms with Crippen LogP contribution in [-0.2, 0) is 4.74 Å². The minimum absolute atomic E-state index is 0.299. The Kier molecular flexibility index (Phi) is 5.62. The molecule has 0 aliphatic carbocycles. The Morgan fingerprint density at radius 2 is 1.86 bits per heavy atom. The molecule has 0 aromatic carbocycles. The van der Waals surface area contributed by atoms with E-state index in [-0.39, 0.29) is 5.91 Å². The summed E-state index contributed by atoms with van der Waals surface area (Å²) in [5.41, 5.74) is 0. The van der Waals surface area contributed by atoms with Gasteiger partial charge in [-0.15, -0.1) is 21.5 Å². The SMILES string of the molecule is CCC(CC)c1nnc(NC(=O)c2ccc(C(=O)OC)s2)s1. The molecule has 118 valence electrons. The van der Waals surface area contributed by atoms with Crippen LogP contribution >= 0.6 is 22.7 Å². The number of thiophene rings is 1. The average Bonchev–Trinajstić information content (AvgIpc) is 3.17. The minimum atomic E-state index is -0.448. The van der Waals surface area contributed by atoms with Gasteiger partial charge >= 0.3 is 5.97 Å². The van der Waals surface area contributed by atoms with Crippen molar-refractivity contribution in [2.75, 3.05) is 12.4 Å². The summed E-state index contributed by atoms with van der Waals surface area (Å²) in [4.78, 5) is 24.4. The van der Waals surface area contributed by atoms with E-state index in [4.69, 9.17) is 0 Å². The molecule has 0 radical (unpaired) electrons. The molecule has 0 saturated carbocycles. The summed E-state index contributed by atoms with van der Waals surface area (Å²) < 4.78 is 4.62. The van der Waals surface area contributed by atoms with E-state index in [1.54, 1.807) is 12.1 Å². The van der Waals surface area contributed by atoms with Crippen LogP contribution in [0.5, 0.6) is 0 Å². The number of amides is 1. The molecule has 0 unspecified atom stereocenters. The van der Waals surface area contributed by atoms with Crippen LogP contribution < -0.4 is 5.32 Å². The number of hydrogen-bond donors (Lipinski definition) is 1. The normalized spacial score (nSPS) is 10.7. The molecular weight excluding hydrogens is 322 g/mol. The largest absolute Gasteiger partial charge is 0.465 e. The molecule has 0 aliphatic heterocycles. The molecule has 6 nitrogen and oxygen atoms in total. The molecule has 1 amide bonds. The highest BCUT2D eigenvalue weighted by Gasteiger charge is 2.17. The smallest absolute Gasteiger partial charge is 0.348 e. The maximum absolute atomic E-state index is 12.1. The second-order valence-corrected chi connectivity index (χ2v) is 6.66. The van der Waals surface area contributed by atoms with Gasteiger partial charge in [0, 0.05) is 5.92 Å². The molecule has 2 aromatic rings. The van der Waals surface area contributed by atoms with E-state index in [1.807, 2.05) is 0 Å². The monoisotopic (exact) mass is 339 g/mol. The van der Waals surface area contributed by atoms with Gasteiger partial charge in [-0.25, -0.2) is 4.79 Å². The van der Waals surface area contributed by atoms with Crippen LogP contribution in [0.1, 0.15) is 57.0 Å². The zero-order chi connectivity index (χ0) is 16.1. The fraction of sp³-hybridized carbons (Fsp3) is 0.429. The van der Waals surface area contributed by atoms with Gasteiger partial charge in [0.05, 0.1) is 12.0 Å². The Morgan fingerprint density at radius 1 is 1.18 bits per heavy atom. The van der Waals surface area contributed by atoms with Gasteiger partial charge in [-0.1, -0.05) is 25.2 Å². The van der Waals surface area contributed by atoms with Gasteiger partial charge in [0.25, 0.3) is 5.91 Å². The fourth-order valence-electron chi connectivity index (χ4n) is 1.92. The van der Waals surface area contributed by atoms with Crippen molar-refractivity contribution in [1.82, 2.24) is 10.2 Å². The first-order valence-electron chi connectivity index (χ1n) is 6.91. The number of anilines is 1. The van der Waals surface area contributed by atoms with Crippen LogP contribution in [0.4, 0.5) is 5.13 Å². The van der Waals surface area contributed by atoms with Crippen LogP contribution in [0.15, 0.2) is 12.1 Å². The first-order valence-corrected chi connectivity index (χ1v) is 8.55. The first kappa shape index (κ1) is 16.6. The van der Waals surface area contributed by atoms with Crippen molar-refractivity contribution in [2.24, 2.45) is 0 Å². The maximum atomic E-state index is 12.1. The van der Waals surface area contributed by atoms with E-state index in [0.29, 0.717) is 20.8 Å². The summed E-state index contributed by atoms with van der Waals surface area (Å²) in [6.45, 7) is 4.21. The summed E-state index contributed by atoms with van der Waals surface area (Å²) in [5, 5.41) is 12.3. The highest BCUT2D eigenvalue weighted by molar-refractivity contribution is 7.17. The zero-order valence-corrected chi connectivity index (χ0v) is 14.2. The Morgan fingerprint density at radius 3 is 2.50 bits per heavy atom. The number of carbonyl (C=O) groups is 2. The number of aromatic nitrogens is 2. The van der Waals surface area contributed by atoms with E-state index in [9.17, 15) is 9.59 Å². The zero-order valence-electron chi connectivity index (χ0n) is 12.6. The molecular formula is C14H17N3O3S2. The van der Waals surface area contributed by atoms with E-state index >= 15 is 0 Å². The van der Waals surface area contributed by atoms with E-state index in [1.165, 1.54) is 18.4 Å². The highest BCUT2D eigenvalue weighted by atomic mass is 32.1. The average molecular weight is 339 g/mol. The second kappa shape index (κ2) is 7.46. The molecule has 0 saturated heterocycles. The van der Waals surface area contributed by atoms with Crippen LogP contribution in [0.25, 0.3) is 0 Å². The standard InChI is InChI=1S/C14H17N3O3S2/c1-4-8(5-2)12-16-17-14(22-12)15-11(18)9-6-7-10(21-9)13(19)20-3/h6-8H,4-5H2,1-3H3,(H,15,17,18). The summed E-state index contributed by atoms with van der Waals surface area (Å²) in [7, 11) is 1.31. The number of carbonyl (C=O) groups excluding carboxylic acids is 2. The van der Waals surface area contributed by atoms with Crippen LogP contribution in [-0.4, -0.2) is 29.2 Å². The number of ether oxygens (including phenoxy) is 1. The number of esters is 1. The van der Waals surface area contributed by atoms with Gasteiger partial charge in [0.1, 0.15) is 9.88 Å². The van der Waals surface area contributed by atoms with E-state index < -0.39 is 5.97 Å². The van der Waals surface area contributed by atoms with Gasteiger partial charge in [0.15, 0.2) is 0 Å². The minimum Gasteiger partial charge on any atom is -0.465 e. The van der Waals surface area contributed by atoms with Crippen LogP contribution in [0.2, 0.25) is 0 Å². The lowest BCUT2D eigenvalue weighted by molar-refractivity contribution is 0.0606. The van der Waals surface area contributed by atoms with Gasteiger partial charge < -0.3 is 4.74 Å². The molecule has 0 fully saturated rings. The molecule has 2 aromatic heterocycles. The Balaban J connectivity index is 2.06. The van der Waals surface area contributed by atoms with Gasteiger partial charge in [-0.2, -0.15) is 0 Å².